The summed E-state index contributed by atoms with van der Waals surface area (Å²) in [5.41, 5.74) is 5.47. The first kappa shape index (κ1) is 15.5. The molecule has 106 valence electrons. The molecular weight excluding hydrogens is 226 g/mol. The van der Waals surface area contributed by atoms with Crippen LogP contribution >= 0.6 is 0 Å². The average molecular weight is 255 g/mol. The van der Waals surface area contributed by atoms with Gasteiger partial charge in [0, 0.05) is 6.42 Å². The van der Waals surface area contributed by atoms with Crippen molar-refractivity contribution in [3.05, 3.63) is 0 Å². The number of carbonyl (C=O) groups is 1. The summed E-state index contributed by atoms with van der Waals surface area (Å²) < 4.78 is 5.40. The molecule has 1 fully saturated rings. The third-order valence-corrected chi connectivity index (χ3v) is 3.72. The zero-order chi connectivity index (χ0) is 13.6. The van der Waals surface area contributed by atoms with Crippen molar-refractivity contribution < 1.29 is 9.53 Å². The van der Waals surface area contributed by atoms with E-state index in [1.54, 1.807) is 0 Å². The fraction of sp³-hybridized carbons (Fsp3) is 0.933. The van der Waals surface area contributed by atoms with E-state index in [4.69, 9.17) is 10.5 Å². The van der Waals surface area contributed by atoms with Crippen molar-refractivity contribution in [3.63, 3.8) is 0 Å². The van der Waals surface area contributed by atoms with Crippen molar-refractivity contribution in [2.75, 3.05) is 6.54 Å². The number of esters is 1. The number of hydrogen-bond donors (Lipinski definition) is 1. The highest BCUT2D eigenvalue weighted by molar-refractivity contribution is 5.70. The van der Waals surface area contributed by atoms with E-state index in [2.05, 4.69) is 0 Å². The summed E-state index contributed by atoms with van der Waals surface area (Å²) in [5.74, 6) is 0.824. The molecule has 1 aliphatic rings. The van der Waals surface area contributed by atoms with Crippen LogP contribution in [0.15, 0.2) is 0 Å². The van der Waals surface area contributed by atoms with Crippen LogP contribution in [0.25, 0.3) is 0 Å². The molecule has 0 spiro atoms. The van der Waals surface area contributed by atoms with Gasteiger partial charge in [0.1, 0.15) is 5.60 Å². The first-order valence-corrected chi connectivity index (χ1v) is 7.34. The lowest BCUT2D eigenvalue weighted by atomic mass is 9.84. The highest BCUT2D eigenvalue weighted by Gasteiger charge is 2.26. The molecule has 0 bridgehead atoms. The Morgan fingerprint density at radius 1 is 1.22 bits per heavy atom. The minimum atomic E-state index is -0.389. The van der Waals surface area contributed by atoms with Crippen LogP contribution in [0, 0.1) is 11.8 Å². The van der Waals surface area contributed by atoms with Gasteiger partial charge in [-0.1, -0.05) is 38.5 Å². The van der Waals surface area contributed by atoms with Gasteiger partial charge in [-0.2, -0.15) is 0 Å². The summed E-state index contributed by atoms with van der Waals surface area (Å²) in [6.45, 7) is 6.33. The first-order chi connectivity index (χ1) is 8.42. The number of ether oxygens (including phenoxy) is 1. The molecule has 0 aromatic heterocycles. The van der Waals surface area contributed by atoms with Crippen LogP contribution in [0.5, 0.6) is 0 Å². The number of nitrogens with two attached hydrogens (primary N) is 1. The van der Waals surface area contributed by atoms with Crippen molar-refractivity contribution in [1.82, 2.24) is 0 Å². The van der Waals surface area contributed by atoms with Crippen LogP contribution in [0.4, 0.5) is 0 Å². The predicted octanol–water partition coefficient (Wildman–Crippen LogP) is 3.26. The highest BCUT2D eigenvalue weighted by Crippen LogP contribution is 2.30. The zero-order valence-corrected chi connectivity index (χ0v) is 12.2. The van der Waals surface area contributed by atoms with E-state index in [1.807, 2.05) is 20.8 Å². The molecule has 0 aromatic carbocycles. The van der Waals surface area contributed by atoms with Crippen LogP contribution in [0.1, 0.15) is 65.7 Å². The van der Waals surface area contributed by atoms with E-state index in [0.717, 1.165) is 0 Å². The summed E-state index contributed by atoms with van der Waals surface area (Å²) in [7, 11) is 0. The van der Waals surface area contributed by atoms with Crippen LogP contribution < -0.4 is 5.73 Å². The van der Waals surface area contributed by atoms with Gasteiger partial charge in [-0.25, -0.2) is 0 Å². The summed E-state index contributed by atoms with van der Waals surface area (Å²) in [6, 6.07) is 0. The minimum Gasteiger partial charge on any atom is -0.460 e. The van der Waals surface area contributed by atoms with Crippen LogP contribution in [0.2, 0.25) is 0 Å². The fourth-order valence-electron chi connectivity index (χ4n) is 2.82. The second kappa shape index (κ2) is 7.13. The van der Waals surface area contributed by atoms with Gasteiger partial charge in [-0.05, 0) is 39.2 Å². The number of hydrogen-bond acceptors (Lipinski definition) is 3. The highest BCUT2D eigenvalue weighted by atomic mass is 16.6. The second-order valence-corrected chi connectivity index (χ2v) is 6.54. The SMILES string of the molecule is CC(C)(C)OC(=O)C[C@H](CN)C1CCCCCC1. The zero-order valence-electron chi connectivity index (χ0n) is 12.2. The summed E-state index contributed by atoms with van der Waals surface area (Å²) >= 11 is 0. The minimum absolute atomic E-state index is 0.0952. The van der Waals surface area contributed by atoms with Crippen molar-refractivity contribution in [1.29, 1.82) is 0 Å². The van der Waals surface area contributed by atoms with Gasteiger partial charge < -0.3 is 10.5 Å². The lowest BCUT2D eigenvalue weighted by Crippen LogP contribution is -2.30. The largest absolute Gasteiger partial charge is 0.460 e. The van der Waals surface area contributed by atoms with E-state index >= 15 is 0 Å². The third kappa shape index (κ3) is 5.85. The predicted molar refractivity (Wildman–Crippen MR) is 74.2 cm³/mol. The maximum atomic E-state index is 11.9. The molecule has 3 heteroatoms. The van der Waals surface area contributed by atoms with E-state index in [9.17, 15) is 4.79 Å². The van der Waals surface area contributed by atoms with Gasteiger partial charge in [0.2, 0.25) is 0 Å². The molecule has 0 heterocycles. The molecule has 18 heavy (non-hydrogen) atoms. The monoisotopic (exact) mass is 255 g/mol. The van der Waals surface area contributed by atoms with Crippen molar-refractivity contribution in [3.8, 4) is 0 Å². The van der Waals surface area contributed by atoms with Crippen LogP contribution in [-0.2, 0) is 9.53 Å². The molecule has 1 saturated carbocycles. The molecule has 0 unspecified atom stereocenters. The van der Waals surface area contributed by atoms with Crippen molar-refractivity contribution in [2.24, 2.45) is 17.6 Å². The maximum absolute atomic E-state index is 11.9. The number of rotatable bonds is 4. The van der Waals surface area contributed by atoms with Crippen molar-refractivity contribution >= 4 is 5.97 Å². The Kier molecular flexibility index (Phi) is 6.13. The third-order valence-electron chi connectivity index (χ3n) is 3.72. The van der Waals surface area contributed by atoms with Crippen LogP contribution in [-0.4, -0.2) is 18.1 Å². The molecule has 0 saturated heterocycles. The summed E-state index contributed by atoms with van der Waals surface area (Å²) in [6.07, 6.45) is 8.18. The Balaban J connectivity index is 2.47. The first-order valence-electron chi connectivity index (χ1n) is 7.34. The smallest absolute Gasteiger partial charge is 0.306 e. The van der Waals surface area contributed by atoms with Gasteiger partial charge in [0.05, 0.1) is 0 Å². The molecule has 0 aliphatic heterocycles. The fourth-order valence-corrected chi connectivity index (χ4v) is 2.82. The van der Waals surface area contributed by atoms with Gasteiger partial charge >= 0.3 is 5.97 Å². The molecule has 3 nitrogen and oxygen atoms in total. The maximum Gasteiger partial charge on any atom is 0.306 e. The second-order valence-electron chi connectivity index (χ2n) is 6.54. The van der Waals surface area contributed by atoms with Crippen LogP contribution in [0.3, 0.4) is 0 Å². The summed E-state index contributed by atoms with van der Waals surface area (Å²) in [4.78, 5) is 11.9. The van der Waals surface area contributed by atoms with Gasteiger partial charge in [0.15, 0.2) is 0 Å². The molecule has 1 rings (SSSR count). The van der Waals surface area contributed by atoms with Gasteiger partial charge in [-0.15, -0.1) is 0 Å². The number of carbonyl (C=O) groups excluding carboxylic acids is 1. The van der Waals surface area contributed by atoms with E-state index < -0.39 is 0 Å². The molecule has 2 N–H and O–H groups in total. The summed E-state index contributed by atoms with van der Waals surface area (Å²) in [5, 5.41) is 0. The lowest BCUT2D eigenvalue weighted by Gasteiger charge is -2.26. The van der Waals surface area contributed by atoms with E-state index in [0.29, 0.717) is 24.8 Å². The quantitative estimate of drug-likeness (QED) is 0.619. The Hall–Kier alpha value is -0.570. The molecule has 1 atom stereocenters. The molecule has 0 amide bonds. The average Bonchev–Trinajstić information content (AvgIpc) is 2.51. The van der Waals surface area contributed by atoms with Gasteiger partial charge in [-0.3, -0.25) is 4.79 Å². The molecular formula is C15H29NO2. The Morgan fingerprint density at radius 3 is 2.22 bits per heavy atom. The Morgan fingerprint density at radius 2 is 1.78 bits per heavy atom. The van der Waals surface area contributed by atoms with Crippen molar-refractivity contribution in [2.45, 2.75) is 71.3 Å². The van der Waals surface area contributed by atoms with E-state index in [-0.39, 0.29) is 11.6 Å². The molecule has 0 radical (unpaired) electrons. The molecule has 0 aromatic rings. The topological polar surface area (TPSA) is 52.3 Å². The Labute approximate surface area is 111 Å². The van der Waals surface area contributed by atoms with E-state index in [1.165, 1.54) is 38.5 Å². The molecule has 1 aliphatic carbocycles. The normalized spacial score (nSPS) is 20.2. The lowest BCUT2D eigenvalue weighted by molar-refractivity contribution is -0.156. The standard InChI is InChI=1S/C15H29NO2/c1-15(2,3)18-14(17)10-13(11-16)12-8-6-4-5-7-9-12/h12-13H,4-11,16H2,1-3H3/t13-/m1/s1. The Bertz CT molecular complexity index is 250. The van der Waals surface area contributed by atoms with Gasteiger partial charge in [0.25, 0.3) is 0 Å².